The van der Waals surface area contributed by atoms with Crippen molar-refractivity contribution in [1.29, 1.82) is 0 Å². The summed E-state index contributed by atoms with van der Waals surface area (Å²) in [5.41, 5.74) is 0.616. The lowest BCUT2D eigenvalue weighted by atomic mass is 9.96. The Balaban J connectivity index is 1.81. The molecule has 0 N–H and O–H groups in total. The summed E-state index contributed by atoms with van der Waals surface area (Å²) in [7, 11) is 0. The third kappa shape index (κ3) is 3.10. The Kier molecular flexibility index (Phi) is 4.24. The molecule has 3 nitrogen and oxygen atoms in total. The van der Waals surface area contributed by atoms with Crippen LogP contribution in [0, 0.1) is 11.7 Å². The van der Waals surface area contributed by atoms with E-state index in [0.717, 1.165) is 25.7 Å². The van der Waals surface area contributed by atoms with Gasteiger partial charge in [-0.05, 0) is 38.7 Å². The van der Waals surface area contributed by atoms with E-state index in [1.807, 2.05) is 17.9 Å². The lowest BCUT2D eigenvalue weighted by molar-refractivity contribution is -0.141. The lowest BCUT2D eigenvalue weighted by Gasteiger charge is -2.34. The van der Waals surface area contributed by atoms with Gasteiger partial charge in [-0.3, -0.25) is 4.79 Å². The molecule has 0 bridgehead atoms. The van der Waals surface area contributed by atoms with Crippen molar-refractivity contribution in [3.8, 4) is 0 Å². The van der Waals surface area contributed by atoms with Crippen molar-refractivity contribution >= 4 is 5.91 Å². The van der Waals surface area contributed by atoms with E-state index in [1.165, 1.54) is 6.07 Å². The minimum atomic E-state index is -0.226. The van der Waals surface area contributed by atoms with Crippen LogP contribution in [0.3, 0.4) is 0 Å². The fourth-order valence-electron chi connectivity index (χ4n) is 3.16. The van der Waals surface area contributed by atoms with Crippen molar-refractivity contribution in [2.45, 2.75) is 44.7 Å². The van der Waals surface area contributed by atoms with E-state index in [0.29, 0.717) is 18.8 Å². The highest BCUT2D eigenvalue weighted by atomic mass is 19.1. The van der Waals surface area contributed by atoms with Gasteiger partial charge in [0.15, 0.2) is 0 Å². The van der Waals surface area contributed by atoms with Gasteiger partial charge in [0.05, 0.1) is 6.04 Å². The highest BCUT2D eigenvalue weighted by Crippen LogP contribution is 2.37. The molecule has 0 radical (unpaired) electrons. The Morgan fingerprint density at radius 3 is 2.52 bits per heavy atom. The summed E-state index contributed by atoms with van der Waals surface area (Å²) < 4.78 is 19.4. The molecule has 2 fully saturated rings. The number of ether oxygens (including phenoxy) is 1. The molecule has 1 unspecified atom stereocenters. The van der Waals surface area contributed by atoms with Gasteiger partial charge in [-0.15, -0.1) is 0 Å². The minimum absolute atomic E-state index is 0.0357. The van der Waals surface area contributed by atoms with Crippen LogP contribution >= 0.6 is 0 Å². The van der Waals surface area contributed by atoms with Crippen LogP contribution in [0.25, 0.3) is 0 Å². The standard InChI is InChI=1S/C17H22FNO2/c1-12(15-4-2-3-5-16(15)18)19(14-6-7-14)17(20)13-8-10-21-11-9-13/h2-5,12-14H,6-11H2,1H3. The van der Waals surface area contributed by atoms with Gasteiger partial charge in [0.1, 0.15) is 5.82 Å². The van der Waals surface area contributed by atoms with E-state index in [2.05, 4.69) is 0 Å². The van der Waals surface area contributed by atoms with Crippen LogP contribution in [0.5, 0.6) is 0 Å². The normalized spacial score (nSPS) is 21.0. The van der Waals surface area contributed by atoms with Gasteiger partial charge < -0.3 is 9.64 Å². The second kappa shape index (κ2) is 6.14. The van der Waals surface area contributed by atoms with Crippen molar-refractivity contribution in [1.82, 2.24) is 4.90 Å². The molecule has 0 spiro atoms. The smallest absolute Gasteiger partial charge is 0.226 e. The van der Waals surface area contributed by atoms with Crippen LogP contribution in [-0.4, -0.2) is 30.1 Å². The number of benzene rings is 1. The van der Waals surface area contributed by atoms with E-state index in [-0.39, 0.29) is 29.7 Å². The molecule has 1 aromatic rings. The van der Waals surface area contributed by atoms with Crippen molar-refractivity contribution in [2.24, 2.45) is 5.92 Å². The molecule has 1 aliphatic carbocycles. The second-order valence-electron chi connectivity index (χ2n) is 6.06. The molecule has 1 aromatic carbocycles. The molecule has 2 aliphatic rings. The highest BCUT2D eigenvalue weighted by Gasteiger charge is 2.39. The Labute approximate surface area is 125 Å². The number of hydrogen-bond donors (Lipinski definition) is 0. The Morgan fingerprint density at radius 2 is 1.90 bits per heavy atom. The van der Waals surface area contributed by atoms with Gasteiger partial charge in [-0.2, -0.15) is 0 Å². The summed E-state index contributed by atoms with van der Waals surface area (Å²) in [5, 5.41) is 0. The maximum Gasteiger partial charge on any atom is 0.226 e. The summed E-state index contributed by atoms with van der Waals surface area (Å²) in [6, 6.07) is 6.86. The van der Waals surface area contributed by atoms with Crippen molar-refractivity contribution < 1.29 is 13.9 Å². The van der Waals surface area contributed by atoms with E-state index in [9.17, 15) is 9.18 Å². The number of carbonyl (C=O) groups excluding carboxylic acids is 1. The average molecular weight is 291 g/mol. The molecule has 1 saturated heterocycles. The Morgan fingerprint density at radius 1 is 1.24 bits per heavy atom. The molecular weight excluding hydrogens is 269 g/mol. The first kappa shape index (κ1) is 14.5. The zero-order valence-electron chi connectivity index (χ0n) is 12.4. The SMILES string of the molecule is CC(c1ccccc1F)N(C(=O)C1CCOCC1)C1CC1. The first-order valence-electron chi connectivity index (χ1n) is 7.83. The zero-order valence-corrected chi connectivity index (χ0v) is 12.4. The minimum Gasteiger partial charge on any atom is -0.381 e. The van der Waals surface area contributed by atoms with Gasteiger partial charge in [-0.1, -0.05) is 18.2 Å². The maximum absolute atomic E-state index is 14.0. The number of amides is 1. The third-order valence-corrected chi connectivity index (χ3v) is 4.54. The zero-order chi connectivity index (χ0) is 14.8. The quantitative estimate of drug-likeness (QED) is 0.852. The first-order valence-corrected chi connectivity index (χ1v) is 7.83. The first-order chi connectivity index (χ1) is 10.2. The predicted molar refractivity (Wildman–Crippen MR) is 78.2 cm³/mol. The molecule has 3 rings (SSSR count). The van der Waals surface area contributed by atoms with E-state index >= 15 is 0 Å². The number of nitrogens with zero attached hydrogens (tertiary/aromatic N) is 1. The summed E-state index contributed by atoms with van der Waals surface area (Å²) in [6.45, 7) is 3.25. The molecule has 4 heteroatoms. The van der Waals surface area contributed by atoms with Gasteiger partial charge >= 0.3 is 0 Å². The molecule has 1 amide bonds. The molecule has 1 atom stereocenters. The summed E-state index contributed by atoms with van der Waals surface area (Å²) >= 11 is 0. The molecular formula is C17H22FNO2. The van der Waals surface area contributed by atoms with Crippen LogP contribution in [0.2, 0.25) is 0 Å². The topological polar surface area (TPSA) is 29.5 Å². The number of halogens is 1. The van der Waals surface area contributed by atoms with Crippen LogP contribution in [-0.2, 0) is 9.53 Å². The highest BCUT2D eigenvalue weighted by molar-refractivity contribution is 5.80. The maximum atomic E-state index is 14.0. The lowest BCUT2D eigenvalue weighted by Crippen LogP contribution is -2.41. The number of rotatable bonds is 4. The monoisotopic (exact) mass is 291 g/mol. The fraction of sp³-hybridized carbons (Fsp3) is 0.588. The Bertz CT molecular complexity index is 509. The summed E-state index contributed by atoms with van der Waals surface area (Å²) in [5.74, 6) is -0.0134. The van der Waals surface area contributed by atoms with Crippen molar-refractivity contribution in [3.05, 3.63) is 35.6 Å². The van der Waals surface area contributed by atoms with Gasteiger partial charge in [0, 0.05) is 30.7 Å². The molecule has 21 heavy (non-hydrogen) atoms. The van der Waals surface area contributed by atoms with E-state index in [1.54, 1.807) is 12.1 Å². The van der Waals surface area contributed by atoms with Crippen LogP contribution in [0.1, 0.15) is 44.2 Å². The number of hydrogen-bond acceptors (Lipinski definition) is 2. The van der Waals surface area contributed by atoms with Gasteiger partial charge in [-0.25, -0.2) is 4.39 Å². The third-order valence-electron chi connectivity index (χ3n) is 4.54. The largest absolute Gasteiger partial charge is 0.381 e. The molecule has 0 aromatic heterocycles. The average Bonchev–Trinajstić information content (AvgIpc) is 3.33. The number of carbonyl (C=O) groups is 1. The molecule has 1 heterocycles. The van der Waals surface area contributed by atoms with Crippen LogP contribution < -0.4 is 0 Å². The van der Waals surface area contributed by atoms with Crippen molar-refractivity contribution in [2.75, 3.05) is 13.2 Å². The molecule has 1 aliphatic heterocycles. The summed E-state index contributed by atoms with van der Waals surface area (Å²) in [4.78, 5) is 14.8. The molecule has 114 valence electrons. The summed E-state index contributed by atoms with van der Waals surface area (Å²) in [6.07, 6.45) is 3.64. The van der Waals surface area contributed by atoms with Crippen LogP contribution in [0.15, 0.2) is 24.3 Å². The van der Waals surface area contributed by atoms with Gasteiger partial charge in [0.2, 0.25) is 5.91 Å². The second-order valence-corrected chi connectivity index (χ2v) is 6.06. The molecule has 1 saturated carbocycles. The van der Waals surface area contributed by atoms with E-state index in [4.69, 9.17) is 4.74 Å². The predicted octanol–water partition coefficient (Wildman–Crippen LogP) is 3.30. The van der Waals surface area contributed by atoms with Crippen LogP contribution in [0.4, 0.5) is 4.39 Å². The van der Waals surface area contributed by atoms with E-state index < -0.39 is 0 Å². The Hall–Kier alpha value is -1.42. The van der Waals surface area contributed by atoms with Crippen molar-refractivity contribution in [3.63, 3.8) is 0 Å². The van der Waals surface area contributed by atoms with Gasteiger partial charge in [0.25, 0.3) is 0 Å². The fourth-order valence-corrected chi connectivity index (χ4v) is 3.16.